The van der Waals surface area contributed by atoms with Gasteiger partial charge in [0, 0.05) is 11.8 Å². The van der Waals surface area contributed by atoms with E-state index in [0.29, 0.717) is 11.3 Å². The van der Waals surface area contributed by atoms with Crippen molar-refractivity contribution in [3.63, 3.8) is 0 Å². The third kappa shape index (κ3) is 1.64. The molecule has 0 atom stereocenters. The van der Waals surface area contributed by atoms with Gasteiger partial charge in [-0.25, -0.2) is 0 Å². The summed E-state index contributed by atoms with van der Waals surface area (Å²) in [6, 6.07) is 3.49. The molecule has 1 rings (SSSR count). The smallest absolute Gasteiger partial charge is 0.0960 e. The van der Waals surface area contributed by atoms with Crippen LogP contribution in [0.15, 0.2) is 37.2 Å². The first-order chi connectivity index (χ1) is 5.38. The number of nitrogens with zero attached hydrogens (tertiary/aromatic N) is 2. The number of aromatic nitrogens is 2. The minimum Gasteiger partial charge on any atom is -0.515 e. The quantitative estimate of drug-likeness (QED) is 0.511. The van der Waals surface area contributed by atoms with Crippen LogP contribution in [0.3, 0.4) is 0 Å². The molecule has 0 saturated carbocycles. The second-order valence-corrected chi connectivity index (χ2v) is 1.90. The van der Waals surface area contributed by atoms with Gasteiger partial charge in [0.15, 0.2) is 0 Å². The Labute approximate surface area is 64.7 Å². The first-order valence-electron chi connectivity index (χ1n) is 3.13. The predicted molar refractivity (Wildman–Crippen MR) is 42.8 cm³/mol. The molecule has 3 nitrogen and oxygen atoms in total. The van der Waals surface area contributed by atoms with Crippen LogP contribution in [-0.2, 0) is 0 Å². The highest BCUT2D eigenvalue weighted by atomic mass is 16.2. The largest absolute Gasteiger partial charge is 0.515 e. The maximum absolute atomic E-state index is 8.68. The topological polar surface area (TPSA) is 46.0 Å². The van der Waals surface area contributed by atoms with Crippen molar-refractivity contribution in [2.24, 2.45) is 0 Å². The minimum atomic E-state index is 0.568. The van der Waals surface area contributed by atoms with Gasteiger partial charge in [0.05, 0.1) is 12.0 Å². The third-order valence-electron chi connectivity index (χ3n) is 1.23. The van der Waals surface area contributed by atoms with Crippen LogP contribution >= 0.6 is 0 Å². The number of hydrogen-bond donors (Lipinski definition) is 1. The molecule has 1 aromatic heterocycles. The van der Waals surface area contributed by atoms with Gasteiger partial charge in [0.1, 0.15) is 0 Å². The molecule has 0 saturated heterocycles. The van der Waals surface area contributed by atoms with Crippen molar-refractivity contribution >= 4 is 5.57 Å². The number of allylic oxidation sites excluding steroid dienone is 2. The molecule has 0 radical (unpaired) electrons. The van der Waals surface area contributed by atoms with E-state index in [1.54, 1.807) is 18.3 Å². The molecule has 3 heteroatoms. The van der Waals surface area contributed by atoms with Gasteiger partial charge in [-0.15, -0.1) is 0 Å². The Hall–Kier alpha value is -1.64. The summed E-state index contributed by atoms with van der Waals surface area (Å²) >= 11 is 0. The molecule has 0 aliphatic heterocycles. The van der Waals surface area contributed by atoms with Crippen molar-refractivity contribution in [2.45, 2.75) is 0 Å². The average Bonchev–Trinajstić information content (AvgIpc) is 2.09. The molecular formula is C8H8N2O. The molecule has 0 aromatic carbocycles. The highest BCUT2D eigenvalue weighted by molar-refractivity contribution is 5.69. The number of aliphatic hydroxyl groups is 1. The number of aliphatic hydroxyl groups excluding tert-OH is 1. The third-order valence-corrected chi connectivity index (χ3v) is 1.23. The van der Waals surface area contributed by atoms with E-state index in [9.17, 15) is 0 Å². The molecular weight excluding hydrogens is 140 g/mol. The van der Waals surface area contributed by atoms with Crippen LogP contribution in [0, 0.1) is 0 Å². The molecule has 0 fully saturated rings. The monoisotopic (exact) mass is 148 g/mol. The number of hydrogen-bond acceptors (Lipinski definition) is 3. The van der Waals surface area contributed by atoms with Crippen LogP contribution in [0.1, 0.15) is 5.69 Å². The molecule has 0 aliphatic carbocycles. The molecule has 0 aliphatic rings. The van der Waals surface area contributed by atoms with Crippen molar-refractivity contribution in [2.75, 3.05) is 0 Å². The zero-order valence-corrected chi connectivity index (χ0v) is 5.94. The standard InChI is InChI=1S/C8H8N2O/c1-2-7(6-11)8-4-3-5-9-10-8/h2-6,11H,1H2. The Balaban J connectivity index is 3.01. The Kier molecular flexibility index (Phi) is 2.38. The zero-order chi connectivity index (χ0) is 8.10. The van der Waals surface area contributed by atoms with Crippen LogP contribution in [-0.4, -0.2) is 15.3 Å². The van der Waals surface area contributed by atoms with Crippen LogP contribution in [0.25, 0.3) is 5.57 Å². The summed E-state index contributed by atoms with van der Waals surface area (Å²) in [5, 5.41) is 16.1. The van der Waals surface area contributed by atoms with E-state index >= 15 is 0 Å². The van der Waals surface area contributed by atoms with E-state index < -0.39 is 0 Å². The van der Waals surface area contributed by atoms with Gasteiger partial charge >= 0.3 is 0 Å². The second kappa shape index (κ2) is 3.51. The van der Waals surface area contributed by atoms with E-state index in [2.05, 4.69) is 16.8 Å². The Bertz CT molecular complexity index is 267. The highest BCUT2D eigenvalue weighted by Gasteiger charge is 1.96. The SMILES string of the molecule is C=CC(=CO)c1cccnn1. The summed E-state index contributed by atoms with van der Waals surface area (Å²) in [5.74, 6) is 0. The fraction of sp³-hybridized carbons (Fsp3) is 0. The Morgan fingerprint density at radius 1 is 1.64 bits per heavy atom. The summed E-state index contributed by atoms with van der Waals surface area (Å²) in [7, 11) is 0. The lowest BCUT2D eigenvalue weighted by Crippen LogP contribution is -1.87. The fourth-order valence-electron chi connectivity index (χ4n) is 0.679. The fourth-order valence-corrected chi connectivity index (χ4v) is 0.679. The van der Waals surface area contributed by atoms with Crippen molar-refractivity contribution < 1.29 is 5.11 Å². The van der Waals surface area contributed by atoms with Crippen molar-refractivity contribution in [1.82, 2.24) is 10.2 Å². The Morgan fingerprint density at radius 2 is 2.45 bits per heavy atom. The van der Waals surface area contributed by atoms with Gasteiger partial charge in [-0.2, -0.15) is 10.2 Å². The predicted octanol–water partition coefficient (Wildman–Crippen LogP) is 1.56. The van der Waals surface area contributed by atoms with Crippen LogP contribution in [0.4, 0.5) is 0 Å². The summed E-state index contributed by atoms with van der Waals surface area (Å²) in [4.78, 5) is 0. The lowest BCUT2D eigenvalue weighted by Gasteiger charge is -1.95. The lowest BCUT2D eigenvalue weighted by atomic mass is 10.2. The van der Waals surface area contributed by atoms with Gasteiger partial charge in [-0.3, -0.25) is 0 Å². The number of rotatable bonds is 2. The maximum Gasteiger partial charge on any atom is 0.0960 e. The van der Waals surface area contributed by atoms with Crippen LogP contribution in [0.2, 0.25) is 0 Å². The van der Waals surface area contributed by atoms with Crippen molar-refractivity contribution in [3.8, 4) is 0 Å². The van der Waals surface area contributed by atoms with Gasteiger partial charge in [0.2, 0.25) is 0 Å². The zero-order valence-electron chi connectivity index (χ0n) is 5.94. The normalized spacial score (nSPS) is 11.1. The van der Waals surface area contributed by atoms with E-state index in [-0.39, 0.29) is 0 Å². The van der Waals surface area contributed by atoms with Gasteiger partial charge in [-0.05, 0) is 12.1 Å². The molecule has 1 N–H and O–H groups in total. The first-order valence-corrected chi connectivity index (χ1v) is 3.13. The summed E-state index contributed by atoms with van der Waals surface area (Å²) < 4.78 is 0. The average molecular weight is 148 g/mol. The molecule has 0 bridgehead atoms. The van der Waals surface area contributed by atoms with Gasteiger partial charge in [0.25, 0.3) is 0 Å². The van der Waals surface area contributed by atoms with Gasteiger partial charge < -0.3 is 5.11 Å². The van der Waals surface area contributed by atoms with Gasteiger partial charge in [-0.1, -0.05) is 12.7 Å². The first kappa shape index (κ1) is 7.47. The molecule has 1 aromatic rings. The molecule has 56 valence electrons. The lowest BCUT2D eigenvalue weighted by molar-refractivity contribution is 0.476. The molecule has 0 amide bonds. The molecule has 0 unspecified atom stereocenters. The second-order valence-electron chi connectivity index (χ2n) is 1.90. The molecule has 1 heterocycles. The van der Waals surface area contributed by atoms with Crippen LogP contribution < -0.4 is 0 Å². The highest BCUT2D eigenvalue weighted by Crippen LogP contribution is 2.08. The molecule has 0 spiro atoms. The maximum atomic E-state index is 8.68. The van der Waals surface area contributed by atoms with E-state index in [0.717, 1.165) is 6.26 Å². The van der Waals surface area contributed by atoms with Crippen molar-refractivity contribution in [3.05, 3.63) is 42.9 Å². The summed E-state index contributed by atoms with van der Waals surface area (Å²) in [6.07, 6.45) is 4.04. The van der Waals surface area contributed by atoms with E-state index in [1.165, 1.54) is 6.08 Å². The summed E-state index contributed by atoms with van der Waals surface area (Å²) in [5.41, 5.74) is 1.18. The van der Waals surface area contributed by atoms with E-state index in [1.807, 2.05) is 0 Å². The van der Waals surface area contributed by atoms with Crippen LogP contribution in [0.5, 0.6) is 0 Å². The summed E-state index contributed by atoms with van der Waals surface area (Å²) in [6.45, 7) is 3.51. The van der Waals surface area contributed by atoms with Crippen molar-refractivity contribution in [1.29, 1.82) is 0 Å². The van der Waals surface area contributed by atoms with E-state index in [4.69, 9.17) is 5.11 Å². The Morgan fingerprint density at radius 3 is 2.91 bits per heavy atom. The minimum absolute atomic E-state index is 0.568. The molecule has 11 heavy (non-hydrogen) atoms.